The van der Waals surface area contributed by atoms with Crippen LogP contribution in [0.2, 0.25) is 0 Å². The first-order valence-corrected chi connectivity index (χ1v) is 22.3. The van der Waals surface area contributed by atoms with Crippen LogP contribution in [0.5, 0.6) is 0 Å². The lowest BCUT2D eigenvalue weighted by Gasteiger charge is -1.91. The van der Waals surface area contributed by atoms with Crippen molar-refractivity contribution in [2.45, 2.75) is 13.8 Å². The summed E-state index contributed by atoms with van der Waals surface area (Å²) in [6.07, 6.45) is 16.7. The highest BCUT2D eigenvalue weighted by Crippen LogP contribution is 2.12. The van der Waals surface area contributed by atoms with E-state index in [9.17, 15) is 0 Å². The van der Waals surface area contributed by atoms with Gasteiger partial charge in [-0.2, -0.15) is 44.7 Å². The van der Waals surface area contributed by atoms with Crippen molar-refractivity contribution in [3.05, 3.63) is 153 Å². The van der Waals surface area contributed by atoms with E-state index in [1.54, 1.807) is 109 Å². The molecular formula is C43H59N33. The van der Waals surface area contributed by atoms with Crippen molar-refractivity contribution in [1.29, 1.82) is 0 Å². The molecule has 0 unspecified atom stereocenters. The van der Waals surface area contributed by atoms with Crippen LogP contribution in [0.4, 0.5) is 0 Å². The Bertz CT molecular complexity index is 3140. The van der Waals surface area contributed by atoms with Gasteiger partial charge in [0.1, 0.15) is 35.0 Å². The summed E-state index contributed by atoms with van der Waals surface area (Å²) in [4.78, 5) is 13.8. The predicted molar refractivity (Wildman–Crippen MR) is 273 cm³/mol. The molecule has 13 aromatic rings. The second kappa shape index (κ2) is 32.4. The maximum absolute atomic E-state index is 4.19. The third-order valence-electron chi connectivity index (χ3n) is 8.59. The van der Waals surface area contributed by atoms with E-state index in [2.05, 4.69) is 118 Å². The number of benzene rings is 3. The smallest absolute Gasteiger partial charge is 0.181 e. The molecule has 0 fully saturated rings. The van der Waals surface area contributed by atoms with Gasteiger partial charge in [-0.15, -0.1) is 40.8 Å². The molecule has 33 nitrogen and oxygen atoms in total. The van der Waals surface area contributed by atoms with Gasteiger partial charge in [-0.1, -0.05) is 65.0 Å². The molecule has 10 aromatic heterocycles. The van der Waals surface area contributed by atoms with Gasteiger partial charge in [-0.25, -0.2) is 24.0 Å². The van der Waals surface area contributed by atoms with Crippen LogP contribution in [0.3, 0.4) is 0 Å². The fraction of sp³-hybridized carbons (Fsp3) is 0.279. The van der Waals surface area contributed by atoms with E-state index in [1.165, 1.54) is 31.7 Å². The molecule has 76 heavy (non-hydrogen) atoms. The SMILES string of the molecule is Cc1nnn(C)n1.Cc1nnnn1C.Cn1ccnc1.Cn1ccnn1.Cn1cnc(-c2ccccc2)n1.Cn1cnnn1.Cn1nc2ccccc2n1.Cn1nccn1.Cn1ncnn1.Cn1nnc2ccccc21. The standard InChI is InChI=1S/C9H9N3.2C7H7N3.C4H6N2.2C3H6N4.2C3H5N3.2C2H4N4/c1-12-7-10-9(11-12)8-5-3-2-4-6-8;1-10-7-5-3-2-4-6(7)8-9-10;1-10-8-6-4-2-3-5-7(6)9-10;1-6-3-2-5-4-6;1-3-4-5-6-7(3)2;1-3-4-6-7(2)5-3;1-6-3-2-4-5-6;1-6-4-2-3-5-6;1-6-2-3-4-5-6;1-6-4-2-3-5-6/h2-7H,1H3;2*2-5H,1H3;2-4H,1H3;2*1-2H3;2*2-3H,1H3;2*2H,1H3. The average Bonchev–Trinajstić information content (AvgIpc) is 4.25. The second-order valence-corrected chi connectivity index (χ2v) is 14.9. The number of hydrogen-bond acceptors (Lipinski definition) is 23. The zero-order chi connectivity index (χ0) is 54.9. The quantitative estimate of drug-likeness (QED) is 0.221. The lowest BCUT2D eigenvalue weighted by Crippen LogP contribution is -1.92. The Balaban J connectivity index is 0.000000185. The molecule has 0 amide bonds. The van der Waals surface area contributed by atoms with E-state index >= 15 is 0 Å². The van der Waals surface area contributed by atoms with Crippen LogP contribution in [-0.4, -0.2) is 165 Å². The Morgan fingerprint density at radius 1 is 0.408 bits per heavy atom. The predicted octanol–water partition coefficient (Wildman–Crippen LogP) is 0.926. The largest absolute Gasteiger partial charge is 0.341 e. The molecule has 0 bridgehead atoms. The Hall–Kier alpha value is -10.6. The summed E-state index contributed by atoms with van der Waals surface area (Å²) < 4.78 is 10.1. The lowest BCUT2D eigenvalue weighted by molar-refractivity contribution is 0.629. The third kappa shape index (κ3) is 23.1. The monoisotopic (exact) mass is 1040 g/mol. The van der Waals surface area contributed by atoms with E-state index in [4.69, 9.17) is 0 Å². The molecule has 0 saturated heterocycles. The number of aryl methyl sites for hydroxylation is 12. The number of imidazole rings is 1. The maximum Gasteiger partial charge on any atom is 0.181 e. The van der Waals surface area contributed by atoms with Crippen LogP contribution in [-0.2, 0) is 70.5 Å². The third-order valence-corrected chi connectivity index (χ3v) is 8.59. The van der Waals surface area contributed by atoms with Crippen molar-refractivity contribution in [3.63, 3.8) is 0 Å². The van der Waals surface area contributed by atoms with Crippen molar-refractivity contribution in [1.82, 2.24) is 165 Å². The number of hydrogen-bond donors (Lipinski definition) is 0. The number of nitrogens with zero attached hydrogens (tertiary/aromatic N) is 33. The number of aromatic nitrogens is 33. The molecule has 33 heteroatoms. The zero-order valence-corrected chi connectivity index (χ0v) is 44.0. The molecule has 0 aliphatic heterocycles. The van der Waals surface area contributed by atoms with Gasteiger partial charge in [0.2, 0.25) is 0 Å². The van der Waals surface area contributed by atoms with Crippen molar-refractivity contribution < 1.29 is 0 Å². The van der Waals surface area contributed by atoms with Crippen LogP contribution in [0, 0.1) is 13.8 Å². The summed E-state index contributed by atoms with van der Waals surface area (Å²) in [5.41, 5.74) is 4.97. The van der Waals surface area contributed by atoms with Gasteiger partial charge >= 0.3 is 0 Å². The summed E-state index contributed by atoms with van der Waals surface area (Å²) in [6, 6.07) is 25.6. The minimum absolute atomic E-state index is 0.711. The van der Waals surface area contributed by atoms with Gasteiger partial charge in [-0.3, -0.25) is 9.36 Å². The Labute approximate surface area is 434 Å². The lowest BCUT2D eigenvalue weighted by atomic mass is 10.2. The van der Waals surface area contributed by atoms with E-state index < -0.39 is 0 Å². The van der Waals surface area contributed by atoms with Crippen LogP contribution < -0.4 is 0 Å². The summed E-state index contributed by atoms with van der Waals surface area (Å²) in [7, 11) is 18.1. The first kappa shape index (κ1) is 57.9. The number of fused-ring (bicyclic) bond motifs is 2. The van der Waals surface area contributed by atoms with E-state index in [0.717, 1.165) is 39.3 Å². The molecule has 3 aromatic carbocycles. The summed E-state index contributed by atoms with van der Waals surface area (Å²) >= 11 is 0. The van der Waals surface area contributed by atoms with Crippen LogP contribution in [0.1, 0.15) is 11.6 Å². The summed E-state index contributed by atoms with van der Waals surface area (Å²) in [6.45, 7) is 3.65. The van der Waals surface area contributed by atoms with E-state index in [0.29, 0.717) is 5.82 Å². The average molecular weight is 1040 g/mol. The van der Waals surface area contributed by atoms with E-state index in [1.807, 2.05) is 132 Å². The van der Waals surface area contributed by atoms with E-state index in [-0.39, 0.29) is 0 Å². The summed E-state index contributed by atoms with van der Waals surface area (Å²) in [5, 5.41) is 77.0. The molecular weight excluding hydrogens is 979 g/mol. The van der Waals surface area contributed by atoms with Crippen LogP contribution >= 0.6 is 0 Å². The Morgan fingerprint density at radius 2 is 1.09 bits per heavy atom. The Kier molecular flexibility index (Phi) is 24.7. The van der Waals surface area contributed by atoms with Crippen molar-refractivity contribution >= 4 is 22.1 Å². The molecule has 0 saturated carbocycles. The molecule has 396 valence electrons. The van der Waals surface area contributed by atoms with Crippen molar-refractivity contribution in [3.8, 4) is 11.4 Å². The molecule has 10 heterocycles. The summed E-state index contributed by atoms with van der Waals surface area (Å²) in [5.74, 6) is 2.32. The van der Waals surface area contributed by atoms with Gasteiger partial charge in [0, 0.05) is 80.5 Å². The number of rotatable bonds is 1. The zero-order valence-electron chi connectivity index (χ0n) is 44.0. The molecule has 0 spiro atoms. The molecule has 13 rings (SSSR count). The van der Waals surface area contributed by atoms with Gasteiger partial charge in [-0.05, 0) is 69.4 Å². The minimum atomic E-state index is 0.711. The van der Waals surface area contributed by atoms with Gasteiger partial charge in [0.15, 0.2) is 18.0 Å². The van der Waals surface area contributed by atoms with Gasteiger partial charge in [0.25, 0.3) is 0 Å². The highest BCUT2D eigenvalue weighted by molar-refractivity contribution is 5.74. The highest BCUT2D eigenvalue weighted by atomic mass is 15.6. The van der Waals surface area contributed by atoms with Crippen LogP contribution in [0.25, 0.3) is 33.5 Å². The maximum atomic E-state index is 4.19. The van der Waals surface area contributed by atoms with Crippen LogP contribution in [0.15, 0.2) is 141 Å². The molecule has 0 aliphatic carbocycles. The number of tetrazole rings is 4. The van der Waals surface area contributed by atoms with Gasteiger partial charge < -0.3 is 4.57 Å². The van der Waals surface area contributed by atoms with Crippen molar-refractivity contribution in [2.75, 3.05) is 0 Å². The highest BCUT2D eigenvalue weighted by Gasteiger charge is 2.00. The molecule has 0 radical (unpaired) electrons. The Morgan fingerprint density at radius 3 is 1.43 bits per heavy atom. The minimum Gasteiger partial charge on any atom is -0.341 e. The first-order chi connectivity index (χ1) is 36.7. The normalized spacial score (nSPS) is 9.58. The fourth-order valence-electron chi connectivity index (χ4n) is 4.97. The van der Waals surface area contributed by atoms with Crippen molar-refractivity contribution in [2.24, 2.45) is 70.5 Å². The molecule has 0 atom stereocenters. The second-order valence-electron chi connectivity index (χ2n) is 14.9. The van der Waals surface area contributed by atoms with Gasteiger partial charge in [0.05, 0.1) is 44.5 Å². The molecule has 0 N–H and O–H groups in total. The number of para-hydroxylation sites is 1. The fourth-order valence-corrected chi connectivity index (χ4v) is 4.97. The first-order valence-electron chi connectivity index (χ1n) is 22.3. The molecule has 0 aliphatic rings. The topological polar surface area (TPSA) is 346 Å².